The van der Waals surface area contributed by atoms with Crippen molar-refractivity contribution >= 4 is 35.5 Å². The summed E-state index contributed by atoms with van der Waals surface area (Å²) >= 11 is 0. The van der Waals surface area contributed by atoms with Crippen LogP contribution in [0.15, 0.2) is 24.3 Å². The van der Waals surface area contributed by atoms with Crippen molar-refractivity contribution in [1.29, 1.82) is 0 Å². The lowest BCUT2D eigenvalue weighted by molar-refractivity contribution is -0.124. The number of nitrogens with two attached hydrogens (primary N) is 2. The topological polar surface area (TPSA) is 252 Å². The van der Waals surface area contributed by atoms with Crippen LogP contribution in [-0.2, 0) is 42.9 Å². The summed E-state index contributed by atoms with van der Waals surface area (Å²) in [4.78, 5) is 74.7. The molecule has 1 aromatic carbocycles. The van der Waals surface area contributed by atoms with Gasteiger partial charge < -0.3 is 61.3 Å². The fraction of sp³-hybridized carbons (Fsp3) is 0.636. The zero-order valence-electron chi connectivity index (χ0n) is 29.5. The minimum absolute atomic E-state index is 0.0819. The first-order valence-electron chi connectivity index (χ1n) is 17.0. The van der Waals surface area contributed by atoms with E-state index < -0.39 is 5.97 Å². The first-order valence-corrected chi connectivity index (χ1v) is 17.0. The number of ether oxygens (including phenoxy) is 5. The van der Waals surface area contributed by atoms with Gasteiger partial charge in [-0.1, -0.05) is 0 Å². The van der Waals surface area contributed by atoms with E-state index in [0.717, 1.165) is 0 Å². The number of carbonyl (C=O) groups excluding carboxylic acids is 6. The maximum Gasteiger partial charge on any atom is 0.337 e. The van der Waals surface area contributed by atoms with Gasteiger partial charge in [-0.05, 0) is 24.3 Å². The minimum atomic E-state index is -0.535. The van der Waals surface area contributed by atoms with E-state index in [4.69, 9.17) is 35.2 Å². The average Bonchev–Trinajstić information content (AvgIpc) is 3.13. The highest BCUT2D eigenvalue weighted by Gasteiger charge is 2.17. The summed E-state index contributed by atoms with van der Waals surface area (Å²) in [6.45, 7) is 4.11. The number of methoxy groups -OCH3 is 1. The Balaban J connectivity index is 2.44. The van der Waals surface area contributed by atoms with E-state index in [-0.39, 0.29) is 127 Å². The molecule has 1 aromatic rings. The highest BCUT2D eigenvalue weighted by molar-refractivity contribution is 5.96. The molecule has 0 spiro atoms. The molecule has 0 heterocycles. The van der Waals surface area contributed by atoms with Crippen molar-refractivity contribution in [3.8, 4) is 0 Å². The van der Waals surface area contributed by atoms with Crippen LogP contribution in [0.1, 0.15) is 46.4 Å². The number of amides is 5. The second-order valence-corrected chi connectivity index (χ2v) is 10.8. The quantitative estimate of drug-likeness (QED) is 0.0369. The first kappa shape index (κ1) is 44.8. The molecule has 18 heteroatoms. The molecule has 8 N–H and O–H groups in total. The largest absolute Gasteiger partial charge is 0.465 e. The van der Waals surface area contributed by atoms with E-state index >= 15 is 0 Å². The number of nitrogens with zero attached hydrogens (tertiary/aromatic N) is 1. The normalized spacial score (nSPS) is 10.6. The summed E-state index contributed by atoms with van der Waals surface area (Å²) in [6.07, 6.45) is 0.607. The van der Waals surface area contributed by atoms with Crippen molar-refractivity contribution in [2.45, 2.75) is 25.7 Å². The van der Waals surface area contributed by atoms with Crippen molar-refractivity contribution in [1.82, 2.24) is 26.2 Å². The van der Waals surface area contributed by atoms with Crippen molar-refractivity contribution in [2.75, 3.05) is 112 Å². The summed E-state index contributed by atoms with van der Waals surface area (Å²) in [5.74, 6) is -1.80. The van der Waals surface area contributed by atoms with Crippen molar-refractivity contribution < 1.29 is 52.5 Å². The number of carbonyl (C=O) groups is 6. The predicted octanol–water partition coefficient (Wildman–Crippen LogP) is -2.08. The molecule has 0 saturated heterocycles. The van der Waals surface area contributed by atoms with E-state index in [0.29, 0.717) is 45.0 Å². The number of esters is 1. The average molecular weight is 726 g/mol. The molecule has 0 unspecified atom stereocenters. The number of rotatable bonds is 30. The number of nitrogens with one attached hydrogen (secondary N) is 4. The van der Waals surface area contributed by atoms with Crippen molar-refractivity contribution in [3.05, 3.63) is 35.4 Å². The van der Waals surface area contributed by atoms with Crippen molar-refractivity contribution in [3.63, 3.8) is 0 Å². The summed E-state index contributed by atoms with van der Waals surface area (Å²) in [7, 11) is 1.26. The fourth-order valence-electron chi connectivity index (χ4n) is 4.14. The Hall–Kier alpha value is -4.20. The van der Waals surface area contributed by atoms with Crippen LogP contribution >= 0.6 is 0 Å². The second-order valence-electron chi connectivity index (χ2n) is 10.8. The summed E-state index contributed by atoms with van der Waals surface area (Å²) in [6, 6.07) is 5.97. The fourth-order valence-corrected chi connectivity index (χ4v) is 4.14. The molecule has 288 valence electrons. The van der Waals surface area contributed by atoms with Crippen LogP contribution in [0.5, 0.6) is 0 Å². The molecule has 18 nitrogen and oxygen atoms in total. The third-order valence-electron chi connectivity index (χ3n) is 6.80. The Morgan fingerprint density at radius 1 is 0.529 bits per heavy atom. The van der Waals surface area contributed by atoms with Crippen molar-refractivity contribution in [2.24, 2.45) is 11.5 Å². The van der Waals surface area contributed by atoms with Crippen LogP contribution < -0.4 is 32.7 Å². The molecule has 0 radical (unpaired) electrons. The van der Waals surface area contributed by atoms with E-state index in [1.165, 1.54) is 36.3 Å². The van der Waals surface area contributed by atoms with Gasteiger partial charge in [-0.2, -0.15) is 0 Å². The molecule has 0 aliphatic carbocycles. The molecular weight excluding hydrogens is 670 g/mol. The molecule has 0 aliphatic heterocycles. The maximum absolute atomic E-state index is 13.3. The Kier molecular flexibility index (Phi) is 25.9. The van der Waals surface area contributed by atoms with E-state index in [1.807, 2.05) is 0 Å². The van der Waals surface area contributed by atoms with Gasteiger partial charge in [0, 0.05) is 83.6 Å². The molecule has 5 amide bonds. The standard InChI is InChI=1S/C33H55N7O11/c1-47-33(46)27-4-2-26(3-5-27)32(45)40(16-12-36-28(41)8-20-50-24-14-38-30(43)6-18-48-22-10-34)17-13-37-29(42)9-21-51-25-15-39-31(44)7-19-49-23-11-35/h2-5H,6-25,34-35H2,1H3,(H,36,41)(H,37,42)(H,38,43)(H,39,44). The molecule has 0 aliphatic rings. The lowest BCUT2D eigenvalue weighted by Gasteiger charge is -2.23. The van der Waals surface area contributed by atoms with Crippen LogP contribution in [0.4, 0.5) is 0 Å². The molecule has 0 saturated carbocycles. The lowest BCUT2D eigenvalue weighted by atomic mass is 10.1. The third kappa shape index (κ3) is 23.0. The Bertz CT molecular complexity index is 1120. The minimum Gasteiger partial charge on any atom is -0.465 e. The molecule has 0 aromatic heterocycles. The van der Waals surface area contributed by atoms with Crippen LogP contribution in [0, 0.1) is 0 Å². The number of benzene rings is 1. The maximum atomic E-state index is 13.3. The van der Waals surface area contributed by atoms with Gasteiger partial charge >= 0.3 is 5.97 Å². The van der Waals surface area contributed by atoms with E-state index in [1.54, 1.807) is 0 Å². The molecule has 51 heavy (non-hydrogen) atoms. The first-order chi connectivity index (χ1) is 24.7. The van der Waals surface area contributed by atoms with Gasteiger partial charge in [0.25, 0.3) is 5.91 Å². The second kappa shape index (κ2) is 29.5. The molecular formula is C33H55N7O11. The summed E-state index contributed by atoms with van der Waals surface area (Å²) in [5.41, 5.74) is 11.2. The third-order valence-corrected chi connectivity index (χ3v) is 6.80. The Labute approximate surface area is 298 Å². The lowest BCUT2D eigenvalue weighted by Crippen LogP contribution is -2.43. The van der Waals surface area contributed by atoms with Gasteiger partial charge in [-0.15, -0.1) is 0 Å². The van der Waals surface area contributed by atoms with Gasteiger partial charge in [0.15, 0.2) is 0 Å². The van der Waals surface area contributed by atoms with Crippen LogP contribution in [0.3, 0.4) is 0 Å². The van der Waals surface area contributed by atoms with Gasteiger partial charge in [0.05, 0.1) is 65.5 Å². The monoisotopic (exact) mass is 725 g/mol. The SMILES string of the molecule is COC(=O)c1ccc(C(=O)N(CCNC(=O)CCOCCNC(=O)CCOCCN)CCNC(=O)CCOCCNC(=O)CCOCCN)cc1. The zero-order valence-corrected chi connectivity index (χ0v) is 29.5. The van der Waals surface area contributed by atoms with Crippen LogP contribution in [0.2, 0.25) is 0 Å². The highest BCUT2D eigenvalue weighted by atomic mass is 16.5. The smallest absolute Gasteiger partial charge is 0.337 e. The van der Waals surface area contributed by atoms with Gasteiger partial charge in [-0.3, -0.25) is 24.0 Å². The van der Waals surface area contributed by atoms with E-state index in [2.05, 4.69) is 21.3 Å². The van der Waals surface area contributed by atoms with Gasteiger partial charge in [0.1, 0.15) is 0 Å². The van der Waals surface area contributed by atoms with E-state index in [9.17, 15) is 28.8 Å². The van der Waals surface area contributed by atoms with Gasteiger partial charge in [0.2, 0.25) is 23.6 Å². The number of hydrogen-bond donors (Lipinski definition) is 6. The van der Waals surface area contributed by atoms with Crippen LogP contribution in [0.25, 0.3) is 0 Å². The highest BCUT2D eigenvalue weighted by Crippen LogP contribution is 2.09. The zero-order chi connectivity index (χ0) is 37.5. The molecule has 1 rings (SSSR count). The molecule has 0 atom stereocenters. The van der Waals surface area contributed by atoms with Gasteiger partial charge in [-0.25, -0.2) is 4.79 Å². The summed E-state index contributed by atoms with van der Waals surface area (Å²) < 4.78 is 25.9. The summed E-state index contributed by atoms with van der Waals surface area (Å²) in [5, 5.41) is 10.9. The Morgan fingerprint density at radius 3 is 1.25 bits per heavy atom. The predicted molar refractivity (Wildman–Crippen MR) is 186 cm³/mol. The Morgan fingerprint density at radius 2 is 0.882 bits per heavy atom. The molecule has 0 fully saturated rings. The van der Waals surface area contributed by atoms with Crippen LogP contribution in [-0.4, -0.2) is 153 Å². The molecule has 0 bridgehead atoms. The number of hydrogen-bond acceptors (Lipinski definition) is 13.